The van der Waals surface area contributed by atoms with Crippen molar-refractivity contribution >= 4 is 43.3 Å². The molecule has 0 unspecified atom stereocenters. The summed E-state index contributed by atoms with van der Waals surface area (Å²) in [5, 5.41) is 0. The van der Waals surface area contributed by atoms with E-state index in [1.54, 1.807) is 0 Å². The molecule has 0 spiro atoms. The van der Waals surface area contributed by atoms with Gasteiger partial charge in [0.15, 0.2) is 11.1 Å². The Hall–Kier alpha value is -0.0300. The molecule has 0 radical (unpaired) electrons. The van der Waals surface area contributed by atoms with Gasteiger partial charge in [-0.2, -0.15) is 0 Å². The highest BCUT2D eigenvalue weighted by Crippen LogP contribution is 2.36. The van der Waals surface area contributed by atoms with Gasteiger partial charge in [-0.25, -0.2) is 10.1 Å². The zero-order valence-electron chi connectivity index (χ0n) is 4.22. The molecule has 0 atom stereocenters. The monoisotopic (exact) mass is 185 g/mol. The van der Waals surface area contributed by atoms with Gasteiger partial charge in [-0.1, -0.05) is 0 Å². The Morgan fingerprint density at radius 2 is 1.67 bits per heavy atom. The SMILES string of the molecule is NP(=O)(OC=S)OC=S. The van der Waals surface area contributed by atoms with Crippen LogP contribution in [0, 0.1) is 0 Å². The first-order valence-corrected chi connectivity index (χ1v) is 4.30. The van der Waals surface area contributed by atoms with Crippen LogP contribution in [0.15, 0.2) is 0 Å². The summed E-state index contributed by atoms with van der Waals surface area (Å²) in [7, 11) is -3.51. The van der Waals surface area contributed by atoms with Gasteiger partial charge in [-0.05, 0) is 24.4 Å². The van der Waals surface area contributed by atoms with E-state index < -0.39 is 7.75 Å². The molecule has 52 valence electrons. The fourth-order valence-electron chi connectivity index (χ4n) is 0.145. The van der Waals surface area contributed by atoms with Gasteiger partial charge in [0.25, 0.3) is 0 Å². The molecule has 0 aromatic carbocycles. The average molecular weight is 185 g/mol. The van der Waals surface area contributed by atoms with E-state index in [-0.39, 0.29) is 0 Å². The van der Waals surface area contributed by atoms with Gasteiger partial charge in [-0.15, -0.1) is 0 Å². The van der Waals surface area contributed by atoms with Crippen LogP contribution in [0.2, 0.25) is 0 Å². The minimum absolute atomic E-state index is 0.764. The predicted octanol–water partition coefficient (Wildman–Crippen LogP) is 1.00. The Labute approximate surface area is 62.9 Å². The summed E-state index contributed by atoms with van der Waals surface area (Å²) < 4.78 is 18.9. The van der Waals surface area contributed by atoms with Crippen LogP contribution < -0.4 is 5.50 Å². The van der Waals surface area contributed by atoms with Crippen molar-refractivity contribution in [1.82, 2.24) is 0 Å². The van der Waals surface area contributed by atoms with Crippen LogP contribution in [-0.2, 0) is 13.6 Å². The standard InChI is InChI=1S/C2H4NO3PS2/c3-7(4,5-1-8)6-2-9/h1-2H,(H2,3,4). The zero-order chi connectivity index (χ0) is 7.33. The van der Waals surface area contributed by atoms with Crippen LogP contribution in [0.1, 0.15) is 0 Å². The van der Waals surface area contributed by atoms with E-state index in [1.807, 2.05) is 0 Å². The second-order valence-corrected chi connectivity index (χ2v) is 2.83. The van der Waals surface area contributed by atoms with Crippen molar-refractivity contribution in [2.45, 2.75) is 0 Å². The van der Waals surface area contributed by atoms with Gasteiger partial charge < -0.3 is 9.05 Å². The van der Waals surface area contributed by atoms with Gasteiger partial charge in [0.1, 0.15) is 0 Å². The molecule has 0 rings (SSSR count). The minimum Gasteiger partial charge on any atom is -0.401 e. The predicted molar refractivity (Wildman–Crippen MR) is 41.3 cm³/mol. The second-order valence-electron chi connectivity index (χ2n) is 0.943. The van der Waals surface area contributed by atoms with Crippen LogP contribution in [0.3, 0.4) is 0 Å². The molecule has 0 aromatic rings. The van der Waals surface area contributed by atoms with Crippen molar-refractivity contribution in [2.75, 3.05) is 0 Å². The van der Waals surface area contributed by atoms with Crippen molar-refractivity contribution < 1.29 is 13.6 Å². The summed E-state index contributed by atoms with van der Waals surface area (Å²) in [5.74, 6) is 0. The smallest absolute Gasteiger partial charge is 0.401 e. The van der Waals surface area contributed by atoms with Crippen LogP contribution in [0.25, 0.3) is 0 Å². The Kier molecular flexibility index (Phi) is 3.88. The zero-order valence-corrected chi connectivity index (χ0v) is 6.75. The summed E-state index contributed by atoms with van der Waals surface area (Å²) in [4.78, 5) is 0. The number of nitrogens with two attached hydrogens (primary N) is 1. The van der Waals surface area contributed by atoms with Crippen LogP contribution >= 0.6 is 32.2 Å². The Balaban J connectivity index is 3.85. The lowest BCUT2D eigenvalue weighted by Crippen LogP contribution is -2.00. The molecule has 0 fully saturated rings. The highest BCUT2D eigenvalue weighted by Gasteiger charge is 2.15. The third kappa shape index (κ3) is 4.47. The highest BCUT2D eigenvalue weighted by molar-refractivity contribution is 7.79. The van der Waals surface area contributed by atoms with E-state index in [9.17, 15) is 4.57 Å². The molecule has 0 aliphatic heterocycles. The molecular weight excluding hydrogens is 181 g/mol. The van der Waals surface area contributed by atoms with Gasteiger partial charge in [0, 0.05) is 0 Å². The first-order chi connectivity index (χ1) is 4.12. The summed E-state index contributed by atoms with van der Waals surface area (Å²) in [6, 6.07) is 0. The molecule has 0 saturated carbocycles. The van der Waals surface area contributed by atoms with Crippen molar-refractivity contribution in [3.63, 3.8) is 0 Å². The quantitative estimate of drug-likeness (QED) is 0.520. The van der Waals surface area contributed by atoms with Gasteiger partial charge in [-0.3, -0.25) is 0 Å². The molecule has 0 heterocycles. The highest BCUT2D eigenvalue weighted by atomic mass is 32.1. The molecule has 0 aliphatic carbocycles. The summed E-state index contributed by atoms with van der Waals surface area (Å²) >= 11 is 8.37. The third-order valence-corrected chi connectivity index (χ3v) is 1.66. The van der Waals surface area contributed by atoms with E-state index in [2.05, 4.69) is 33.5 Å². The lowest BCUT2D eigenvalue weighted by Gasteiger charge is -2.05. The molecule has 0 aromatic heterocycles. The Morgan fingerprint density at radius 3 is 1.89 bits per heavy atom. The third-order valence-electron chi connectivity index (χ3n) is 0.380. The normalized spacial score (nSPS) is 9.89. The Morgan fingerprint density at radius 1 is 1.33 bits per heavy atom. The topological polar surface area (TPSA) is 61.6 Å². The number of hydrogen-bond acceptors (Lipinski definition) is 5. The van der Waals surface area contributed by atoms with Gasteiger partial charge in [0.2, 0.25) is 0 Å². The van der Waals surface area contributed by atoms with Crippen molar-refractivity contribution in [3.05, 3.63) is 0 Å². The van der Waals surface area contributed by atoms with Gasteiger partial charge >= 0.3 is 7.75 Å². The van der Waals surface area contributed by atoms with Crippen molar-refractivity contribution in [1.29, 1.82) is 0 Å². The van der Waals surface area contributed by atoms with E-state index in [0.717, 1.165) is 11.1 Å². The fraction of sp³-hybridized carbons (Fsp3) is 0. The molecule has 4 nitrogen and oxygen atoms in total. The van der Waals surface area contributed by atoms with Crippen LogP contribution in [0.4, 0.5) is 0 Å². The maximum atomic E-state index is 10.6. The number of hydrogen-bond donors (Lipinski definition) is 1. The lowest BCUT2D eigenvalue weighted by molar-refractivity contribution is 0.398. The first kappa shape index (κ1) is 8.97. The molecule has 9 heavy (non-hydrogen) atoms. The van der Waals surface area contributed by atoms with E-state index in [0.29, 0.717) is 0 Å². The van der Waals surface area contributed by atoms with E-state index >= 15 is 0 Å². The van der Waals surface area contributed by atoms with Crippen molar-refractivity contribution in [2.24, 2.45) is 5.50 Å². The molecule has 0 saturated heterocycles. The molecule has 0 aliphatic rings. The molecular formula is C2H4NO3PS2. The first-order valence-electron chi connectivity index (χ1n) is 1.75. The summed E-state index contributed by atoms with van der Waals surface area (Å²) in [6.07, 6.45) is 0. The van der Waals surface area contributed by atoms with E-state index in [4.69, 9.17) is 5.50 Å². The molecule has 7 heteroatoms. The fourth-order valence-corrected chi connectivity index (χ4v) is 1.15. The molecule has 0 bridgehead atoms. The minimum atomic E-state index is -3.51. The number of thiocarbonyl (C=S) groups is 2. The average Bonchev–Trinajstić information content (AvgIpc) is 1.64. The summed E-state index contributed by atoms with van der Waals surface area (Å²) in [5.41, 5.74) is 6.38. The van der Waals surface area contributed by atoms with Gasteiger partial charge in [0.05, 0.1) is 0 Å². The summed E-state index contributed by atoms with van der Waals surface area (Å²) in [6.45, 7) is 0. The van der Waals surface area contributed by atoms with Crippen LogP contribution in [0.5, 0.6) is 0 Å². The largest absolute Gasteiger partial charge is 0.510 e. The maximum Gasteiger partial charge on any atom is 0.510 e. The molecule has 0 amide bonds. The number of rotatable bonds is 4. The Bertz CT molecular complexity index is 146. The van der Waals surface area contributed by atoms with Crippen LogP contribution in [-0.4, -0.2) is 11.1 Å². The maximum absolute atomic E-state index is 10.6. The van der Waals surface area contributed by atoms with Crippen molar-refractivity contribution in [3.8, 4) is 0 Å². The molecule has 2 N–H and O–H groups in total. The second kappa shape index (κ2) is 3.90. The lowest BCUT2D eigenvalue weighted by atomic mass is 11.7. The van der Waals surface area contributed by atoms with E-state index in [1.165, 1.54) is 0 Å².